The van der Waals surface area contributed by atoms with E-state index in [1.165, 1.54) is 11.8 Å². The Labute approximate surface area is 138 Å². The van der Waals surface area contributed by atoms with E-state index in [1.54, 1.807) is 25.5 Å². The third-order valence-electron chi connectivity index (χ3n) is 2.68. The number of benzene rings is 2. The Kier molecular flexibility index (Phi) is 6.30. The van der Waals surface area contributed by atoms with Crippen molar-refractivity contribution in [3.63, 3.8) is 0 Å². The Balaban J connectivity index is 1.79. The first-order chi connectivity index (χ1) is 10.7. The lowest BCUT2D eigenvalue weighted by molar-refractivity contribution is -0.118. The van der Waals surface area contributed by atoms with Gasteiger partial charge in [-0.25, -0.2) is 5.43 Å². The number of hydrazone groups is 1. The number of amides is 1. The number of hydrogen-bond acceptors (Lipinski definition) is 4. The lowest BCUT2D eigenvalue weighted by Gasteiger charge is -2.02. The Morgan fingerprint density at radius 3 is 2.82 bits per heavy atom. The number of carbonyl (C=O) groups is 1. The predicted molar refractivity (Wildman–Crippen MR) is 90.9 cm³/mol. The van der Waals surface area contributed by atoms with Crippen molar-refractivity contribution in [1.82, 2.24) is 5.43 Å². The molecule has 0 fully saturated rings. The Morgan fingerprint density at radius 1 is 1.32 bits per heavy atom. The van der Waals surface area contributed by atoms with Crippen LogP contribution >= 0.6 is 23.4 Å². The summed E-state index contributed by atoms with van der Waals surface area (Å²) in [6.07, 6.45) is 1.58. The quantitative estimate of drug-likeness (QED) is 0.499. The van der Waals surface area contributed by atoms with Gasteiger partial charge in [0.25, 0.3) is 0 Å². The molecule has 114 valence electrons. The highest BCUT2D eigenvalue weighted by Gasteiger charge is 2.01. The number of halogens is 1. The molecule has 0 saturated heterocycles. The summed E-state index contributed by atoms with van der Waals surface area (Å²) in [6.45, 7) is 0. The van der Waals surface area contributed by atoms with Crippen LogP contribution in [0.4, 0.5) is 0 Å². The molecule has 0 radical (unpaired) electrons. The first-order valence-corrected chi connectivity index (χ1v) is 7.88. The van der Waals surface area contributed by atoms with Gasteiger partial charge in [-0.05, 0) is 42.0 Å². The van der Waals surface area contributed by atoms with E-state index in [1.807, 2.05) is 36.4 Å². The van der Waals surface area contributed by atoms with Crippen molar-refractivity contribution >= 4 is 35.5 Å². The normalized spacial score (nSPS) is 10.6. The summed E-state index contributed by atoms with van der Waals surface area (Å²) in [5.74, 6) is 0.865. The van der Waals surface area contributed by atoms with Crippen LogP contribution in [0.15, 0.2) is 58.5 Å². The van der Waals surface area contributed by atoms with Gasteiger partial charge in [-0.2, -0.15) is 5.10 Å². The molecule has 6 heteroatoms. The van der Waals surface area contributed by atoms with Gasteiger partial charge in [0, 0.05) is 9.92 Å². The number of methoxy groups -OCH3 is 1. The van der Waals surface area contributed by atoms with Crippen molar-refractivity contribution in [2.75, 3.05) is 12.9 Å². The minimum atomic E-state index is -0.168. The molecule has 22 heavy (non-hydrogen) atoms. The van der Waals surface area contributed by atoms with Crippen LogP contribution in [0.25, 0.3) is 0 Å². The number of hydrogen-bond donors (Lipinski definition) is 1. The van der Waals surface area contributed by atoms with Gasteiger partial charge in [0.1, 0.15) is 5.75 Å². The highest BCUT2D eigenvalue weighted by atomic mass is 35.5. The second-order valence-electron chi connectivity index (χ2n) is 4.31. The van der Waals surface area contributed by atoms with E-state index in [4.69, 9.17) is 16.3 Å². The zero-order valence-corrected chi connectivity index (χ0v) is 13.5. The number of nitrogens with one attached hydrogen (secondary N) is 1. The molecule has 1 amide bonds. The zero-order chi connectivity index (χ0) is 15.8. The summed E-state index contributed by atoms with van der Waals surface area (Å²) < 4.78 is 5.12. The first kappa shape index (κ1) is 16.4. The van der Waals surface area contributed by atoms with E-state index >= 15 is 0 Å². The molecule has 0 aliphatic carbocycles. The fourth-order valence-corrected chi connectivity index (χ4v) is 2.43. The number of thioether (sulfide) groups is 1. The molecule has 1 N–H and O–H groups in total. The minimum absolute atomic E-state index is 0.168. The van der Waals surface area contributed by atoms with Gasteiger partial charge in [0.05, 0.1) is 19.1 Å². The number of nitrogens with zero attached hydrogens (tertiary/aromatic N) is 1. The molecule has 2 rings (SSSR count). The second-order valence-corrected chi connectivity index (χ2v) is 5.80. The maximum atomic E-state index is 11.7. The van der Waals surface area contributed by atoms with Gasteiger partial charge in [-0.1, -0.05) is 23.7 Å². The van der Waals surface area contributed by atoms with Crippen LogP contribution in [-0.2, 0) is 4.79 Å². The zero-order valence-electron chi connectivity index (χ0n) is 12.0. The molecule has 0 atom stereocenters. The third-order valence-corrected chi connectivity index (χ3v) is 3.94. The van der Waals surface area contributed by atoms with E-state index in [0.29, 0.717) is 5.02 Å². The van der Waals surface area contributed by atoms with Crippen molar-refractivity contribution in [2.45, 2.75) is 4.90 Å². The Morgan fingerprint density at radius 2 is 2.09 bits per heavy atom. The topological polar surface area (TPSA) is 50.7 Å². The van der Waals surface area contributed by atoms with Crippen LogP contribution in [-0.4, -0.2) is 25.0 Å². The summed E-state index contributed by atoms with van der Waals surface area (Å²) in [5.41, 5.74) is 3.34. The number of carbonyl (C=O) groups excluding carboxylic acids is 1. The van der Waals surface area contributed by atoms with Crippen LogP contribution in [0.1, 0.15) is 5.56 Å². The molecular formula is C16H15ClN2O2S. The highest BCUT2D eigenvalue weighted by molar-refractivity contribution is 8.00. The maximum absolute atomic E-state index is 11.7. The fourth-order valence-electron chi connectivity index (χ4n) is 1.61. The van der Waals surface area contributed by atoms with E-state index in [0.717, 1.165) is 16.2 Å². The van der Waals surface area contributed by atoms with Gasteiger partial charge >= 0.3 is 0 Å². The van der Waals surface area contributed by atoms with Crippen LogP contribution in [0.5, 0.6) is 5.75 Å². The van der Waals surface area contributed by atoms with Gasteiger partial charge in [0.15, 0.2) is 0 Å². The summed E-state index contributed by atoms with van der Waals surface area (Å²) in [7, 11) is 1.60. The lowest BCUT2D eigenvalue weighted by Crippen LogP contribution is -2.19. The van der Waals surface area contributed by atoms with Crippen LogP contribution in [0.3, 0.4) is 0 Å². The van der Waals surface area contributed by atoms with E-state index in [2.05, 4.69) is 10.5 Å². The molecule has 0 bridgehead atoms. The average molecular weight is 335 g/mol. The molecule has 0 spiro atoms. The summed E-state index contributed by atoms with van der Waals surface area (Å²) in [4.78, 5) is 12.7. The molecule has 0 unspecified atom stereocenters. The predicted octanol–water partition coefficient (Wildman–Crippen LogP) is 3.59. The number of ether oxygens (including phenoxy) is 1. The average Bonchev–Trinajstić information content (AvgIpc) is 2.54. The van der Waals surface area contributed by atoms with E-state index in [-0.39, 0.29) is 11.7 Å². The molecule has 0 saturated carbocycles. The van der Waals surface area contributed by atoms with Gasteiger partial charge < -0.3 is 4.74 Å². The van der Waals surface area contributed by atoms with Crippen molar-refractivity contribution < 1.29 is 9.53 Å². The summed E-state index contributed by atoms with van der Waals surface area (Å²) >= 11 is 7.23. The molecular weight excluding hydrogens is 320 g/mol. The smallest absolute Gasteiger partial charge is 0.250 e. The van der Waals surface area contributed by atoms with Crippen LogP contribution < -0.4 is 10.2 Å². The molecule has 2 aromatic rings. The largest absolute Gasteiger partial charge is 0.497 e. The molecule has 2 aromatic carbocycles. The maximum Gasteiger partial charge on any atom is 0.250 e. The van der Waals surface area contributed by atoms with Gasteiger partial charge in [0.2, 0.25) is 5.91 Å². The molecule has 0 aliphatic heterocycles. The highest BCUT2D eigenvalue weighted by Crippen LogP contribution is 2.19. The Bertz CT molecular complexity index is 659. The van der Waals surface area contributed by atoms with Gasteiger partial charge in [-0.15, -0.1) is 11.8 Å². The monoisotopic (exact) mass is 334 g/mol. The van der Waals surface area contributed by atoms with Crippen molar-refractivity contribution in [1.29, 1.82) is 0 Å². The molecule has 0 aromatic heterocycles. The molecule has 0 heterocycles. The molecule has 0 aliphatic rings. The standard InChI is InChI=1S/C16H15ClN2O2S/c1-21-14-4-2-3-12(9-14)10-18-19-16(20)11-22-15-7-5-13(17)6-8-15/h2-10H,11H2,1H3,(H,19,20)/b18-10+. The van der Waals surface area contributed by atoms with Crippen LogP contribution in [0, 0.1) is 0 Å². The van der Waals surface area contributed by atoms with Crippen molar-refractivity contribution in [3.8, 4) is 5.75 Å². The second kappa shape index (κ2) is 8.46. The first-order valence-electron chi connectivity index (χ1n) is 6.52. The summed E-state index contributed by atoms with van der Waals surface area (Å²) in [5, 5.41) is 4.61. The fraction of sp³-hybridized carbons (Fsp3) is 0.125. The Hall–Kier alpha value is -1.98. The minimum Gasteiger partial charge on any atom is -0.497 e. The van der Waals surface area contributed by atoms with Crippen molar-refractivity contribution in [2.24, 2.45) is 5.10 Å². The van der Waals surface area contributed by atoms with Crippen LogP contribution in [0.2, 0.25) is 5.02 Å². The number of rotatable bonds is 6. The molecule has 4 nitrogen and oxygen atoms in total. The lowest BCUT2D eigenvalue weighted by atomic mass is 10.2. The third kappa shape index (κ3) is 5.42. The van der Waals surface area contributed by atoms with E-state index < -0.39 is 0 Å². The van der Waals surface area contributed by atoms with Crippen molar-refractivity contribution in [3.05, 3.63) is 59.1 Å². The summed E-state index contributed by atoms with van der Waals surface area (Å²) in [6, 6.07) is 14.8. The van der Waals surface area contributed by atoms with Gasteiger partial charge in [-0.3, -0.25) is 4.79 Å². The SMILES string of the molecule is COc1cccc(/C=N/NC(=O)CSc2ccc(Cl)cc2)c1. The van der Waals surface area contributed by atoms with E-state index in [9.17, 15) is 4.79 Å².